The van der Waals surface area contributed by atoms with Crippen LogP contribution >= 0.6 is 0 Å². The molecule has 0 spiro atoms. The first-order chi connectivity index (χ1) is 18.9. The van der Waals surface area contributed by atoms with Gasteiger partial charge >= 0.3 is 0 Å². The van der Waals surface area contributed by atoms with Crippen LogP contribution in [0.2, 0.25) is 0 Å². The number of carbonyl (C=O) groups excluding carboxylic acids is 2. The second kappa shape index (κ2) is 9.41. The molecule has 196 valence electrons. The van der Waals surface area contributed by atoms with Crippen LogP contribution in [-0.4, -0.2) is 37.1 Å². The van der Waals surface area contributed by atoms with Crippen molar-refractivity contribution in [2.24, 2.45) is 5.92 Å². The van der Waals surface area contributed by atoms with Crippen LogP contribution in [0.5, 0.6) is 11.5 Å². The number of nitro benzene ring substituents is 1. The van der Waals surface area contributed by atoms with Crippen molar-refractivity contribution in [3.8, 4) is 11.5 Å². The van der Waals surface area contributed by atoms with Gasteiger partial charge in [-0.3, -0.25) is 24.5 Å². The molecule has 2 heterocycles. The second-order valence-electron chi connectivity index (χ2n) is 9.19. The molecule has 3 atom stereocenters. The molecule has 0 saturated carbocycles. The van der Waals surface area contributed by atoms with Crippen LogP contribution < -0.4 is 19.4 Å². The number of hydrogen-bond donors (Lipinski definition) is 0. The van der Waals surface area contributed by atoms with Crippen molar-refractivity contribution in [2.75, 3.05) is 24.2 Å². The molecule has 2 amide bonds. The lowest BCUT2D eigenvalue weighted by Gasteiger charge is -2.29. The molecular weight excluding hydrogens is 502 g/mol. The smallest absolute Gasteiger partial charge is 0.278 e. The van der Waals surface area contributed by atoms with Crippen molar-refractivity contribution in [3.05, 3.63) is 101 Å². The zero-order valence-corrected chi connectivity index (χ0v) is 21.0. The van der Waals surface area contributed by atoms with Gasteiger partial charge in [0, 0.05) is 5.39 Å². The van der Waals surface area contributed by atoms with E-state index < -0.39 is 34.8 Å². The van der Waals surface area contributed by atoms with Gasteiger partial charge < -0.3 is 9.47 Å². The predicted molar refractivity (Wildman–Crippen MR) is 143 cm³/mol. The maximum Gasteiger partial charge on any atom is 0.278 e. The Kier molecular flexibility index (Phi) is 5.88. The Morgan fingerprint density at radius 2 is 1.51 bits per heavy atom. The molecule has 39 heavy (non-hydrogen) atoms. The van der Waals surface area contributed by atoms with E-state index in [-0.39, 0.29) is 22.7 Å². The van der Waals surface area contributed by atoms with Gasteiger partial charge in [0.05, 0.1) is 42.1 Å². The third-order valence-corrected chi connectivity index (χ3v) is 7.18. The number of hydrogen-bond acceptors (Lipinski definition) is 8. The van der Waals surface area contributed by atoms with Crippen molar-refractivity contribution in [1.82, 2.24) is 0 Å². The van der Waals surface area contributed by atoms with E-state index in [0.717, 1.165) is 15.7 Å². The van der Waals surface area contributed by atoms with Gasteiger partial charge in [0.25, 0.3) is 11.6 Å². The van der Waals surface area contributed by atoms with E-state index in [1.54, 1.807) is 36.4 Å². The molecule has 2 fully saturated rings. The first-order valence-corrected chi connectivity index (χ1v) is 12.2. The number of rotatable bonds is 6. The number of para-hydroxylation sites is 1. The minimum atomic E-state index is -1.19. The van der Waals surface area contributed by atoms with Gasteiger partial charge in [-0.2, -0.15) is 0 Å². The minimum absolute atomic E-state index is 0.162. The standard InChI is InChI=1S/C29H23N3O7/c1-37-23-15-20(22(32(35)36)16-24(23)38-2)26-25-27(39-31(26)18-11-4-3-5-12-18)29(34)30(28(25)33)21-14-8-10-17-9-6-7-13-19(17)21/h3-16,25-27H,1-2H3. The number of imide groups is 1. The number of methoxy groups -OCH3 is 2. The van der Waals surface area contributed by atoms with Gasteiger partial charge in [-0.15, -0.1) is 0 Å². The highest BCUT2D eigenvalue weighted by Crippen LogP contribution is 2.51. The molecule has 4 aromatic rings. The number of nitrogens with zero attached hydrogens (tertiary/aromatic N) is 3. The number of amides is 2. The summed E-state index contributed by atoms with van der Waals surface area (Å²) in [5.41, 5.74) is 0.854. The van der Waals surface area contributed by atoms with E-state index in [2.05, 4.69) is 0 Å². The van der Waals surface area contributed by atoms with Crippen LogP contribution in [0.25, 0.3) is 10.8 Å². The quantitative estimate of drug-likeness (QED) is 0.200. The molecule has 3 unspecified atom stereocenters. The topological polar surface area (TPSA) is 111 Å². The Morgan fingerprint density at radius 1 is 0.846 bits per heavy atom. The van der Waals surface area contributed by atoms with Gasteiger partial charge in [-0.25, -0.2) is 9.96 Å². The first kappa shape index (κ1) is 24.4. The number of hydroxylamine groups is 1. The number of anilines is 2. The van der Waals surface area contributed by atoms with Crippen molar-refractivity contribution < 1.29 is 28.8 Å². The largest absolute Gasteiger partial charge is 0.493 e. The Bertz CT molecular complexity index is 1620. The summed E-state index contributed by atoms with van der Waals surface area (Å²) in [5.74, 6) is -1.69. The summed E-state index contributed by atoms with van der Waals surface area (Å²) in [5, 5.41) is 15.3. The lowest BCUT2D eigenvalue weighted by atomic mass is 9.89. The van der Waals surface area contributed by atoms with Crippen molar-refractivity contribution in [3.63, 3.8) is 0 Å². The fraction of sp³-hybridized carbons (Fsp3) is 0.172. The van der Waals surface area contributed by atoms with Crippen molar-refractivity contribution in [2.45, 2.75) is 12.1 Å². The molecule has 2 saturated heterocycles. The fourth-order valence-electron chi connectivity index (χ4n) is 5.45. The molecule has 6 rings (SSSR count). The van der Waals surface area contributed by atoms with Gasteiger partial charge in [0.2, 0.25) is 5.91 Å². The monoisotopic (exact) mass is 525 g/mol. The SMILES string of the molecule is COc1cc(C2C3C(=O)N(c4cccc5ccccc45)C(=O)C3ON2c2ccccc2)c([N+](=O)[O-])cc1OC. The predicted octanol–water partition coefficient (Wildman–Crippen LogP) is 4.82. The molecule has 4 aromatic carbocycles. The molecule has 0 radical (unpaired) electrons. The number of fused-ring (bicyclic) bond motifs is 2. The van der Waals surface area contributed by atoms with Crippen LogP contribution in [0.3, 0.4) is 0 Å². The Labute approximate surface area is 223 Å². The molecule has 10 heteroatoms. The molecule has 2 aliphatic rings. The highest BCUT2D eigenvalue weighted by Gasteiger charge is 2.61. The van der Waals surface area contributed by atoms with Crippen LogP contribution in [0.1, 0.15) is 11.6 Å². The average Bonchev–Trinajstić information content (AvgIpc) is 3.47. The van der Waals surface area contributed by atoms with Crippen LogP contribution in [0, 0.1) is 16.0 Å². The third-order valence-electron chi connectivity index (χ3n) is 7.18. The van der Waals surface area contributed by atoms with E-state index >= 15 is 0 Å². The van der Waals surface area contributed by atoms with Gasteiger partial charge in [0.15, 0.2) is 17.6 Å². The maximum absolute atomic E-state index is 14.1. The molecule has 10 nitrogen and oxygen atoms in total. The first-order valence-electron chi connectivity index (χ1n) is 12.2. The molecular formula is C29H23N3O7. The number of ether oxygens (including phenoxy) is 2. The summed E-state index contributed by atoms with van der Waals surface area (Å²) in [6.07, 6.45) is -1.19. The third kappa shape index (κ3) is 3.76. The lowest BCUT2D eigenvalue weighted by Crippen LogP contribution is -2.37. The van der Waals surface area contributed by atoms with E-state index in [1.807, 2.05) is 36.4 Å². The molecule has 0 aromatic heterocycles. The van der Waals surface area contributed by atoms with Crippen molar-refractivity contribution >= 4 is 39.6 Å². The summed E-state index contributed by atoms with van der Waals surface area (Å²) >= 11 is 0. The lowest BCUT2D eigenvalue weighted by molar-refractivity contribution is -0.385. The number of benzene rings is 4. The summed E-state index contributed by atoms with van der Waals surface area (Å²) in [7, 11) is 2.80. The summed E-state index contributed by atoms with van der Waals surface area (Å²) in [6, 6.07) is 23.4. The molecule has 0 aliphatic carbocycles. The number of nitro groups is 1. The highest BCUT2D eigenvalue weighted by molar-refractivity contribution is 6.26. The second-order valence-corrected chi connectivity index (χ2v) is 9.19. The van der Waals surface area contributed by atoms with Crippen LogP contribution in [0.15, 0.2) is 84.9 Å². The highest BCUT2D eigenvalue weighted by atomic mass is 16.7. The van der Waals surface area contributed by atoms with Gasteiger partial charge in [-0.05, 0) is 29.7 Å². The fourth-order valence-corrected chi connectivity index (χ4v) is 5.45. The van der Waals surface area contributed by atoms with Crippen molar-refractivity contribution in [1.29, 1.82) is 0 Å². The summed E-state index contributed by atoms with van der Waals surface area (Å²) in [6.45, 7) is 0. The average molecular weight is 526 g/mol. The van der Waals surface area contributed by atoms with Crippen LogP contribution in [-0.2, 0) is 14.4 Å². The van der Waals surface area contributed by atoms with Crippen LogP contribution in [0.4, 0.5) is 17.1 Å². The zero-order chi connectivity index (χ0) is 27.3. The Balaban J connectivity index is 1.53. The molecule has 2 aliphatic heterocycles. The Morgan fingerprint density at radius 3 is 2.23 bits per heavy atom. The van der Waals surface area contributed by atoms with E-state index in [0.29, 0.717) is 11.4 Å². The van der Waals surface area contributed by atoms with E-state index in [4.69, 9.17) is 14.3 Å². The minimum Gasteiger partial charge on any atom is -0.493 e. The number of carbonyl (C=O) groups is 2. The Hall–Kier alpha value is -4.96. The van der Waals surface area contributed by atoms with Gasteiger partial charge in [-0.1, -0.05) is 54.6 Å². The summed E-state index contributed by atoms with van der Waals surface area (Å²) < 4.78 is 10.7. The summed E-state index contributed by atoms with van der Waals surface area (Å²) in [4.78, 5) is 47.0. The van der Waals surface area contributed by atoms with E-state index in [9.17, 15) is 19.7 Å². The van der Waals surface area contributed by atoms with E-state index in [1.165, 1.54) is 31.4 Å². The zero-order valence-electron chi connectivity index (χ0n) is 21.0. The molecule has 0 N–H and O–H groups in total. The molecule has 0 bridgehead atoms. The maximum atomic E-state index is 14.1. The van der Waals surface area contributed by atoms with Gasteiger partial charge in [0.1, 0.15) is 12.0 Å². The normalized spacial score (nSPS) is 20.4.